The van der Waals surface area contributed by atoms with Gasteiger partial charge in [-0.25, -0.2) is 4.68 Å². The van der Waals surface area contributed by atoms with E-state index in [-0.39, 0.29) is 11.4 Å². The number of nitrogens with zero attached hydrogens (tertiary/aromatic N) is 3. The minimum absolute atomic E-state index is 0.287. The molecule has 7 heteroatoms. The summed E-state index contributed by atoms with van der Waals surface area (Å²) in [5.41, 5.74) is 2.27. The highest BCUT2D eigenvalue weighted by Crippen LogP contribution is 2.17. The van der Waals surface area contributed by atoms with Gasteiger partial charge in [0, 0.05) is 17.7 Å². The van der Waals surface area contributed by atoms with Crippen molar-refractivity contribution in [2.75, 3.05) is 5.32 Å². The first kappa shape index (κ1) is 15.7. The number of aromatic nitrogens is 3. The maximum Gasteiger partial charge on any atom is 0.267 e. The van der Waals surface area contributed by atoms with Crippen LogP contribution in [0.1, 0.15) is 18.5 Å². The predicted octanol–water partition coefficient (Wildman–Crippen LogP) is 2.41. The predicted molar refractivity (Wildman–Crippen MR) is 88.5 cm³/mol. The van der Waals surface area contributed by atoms with E-state index in [1.165, 1.54) is 18.4 Å². The van der Waals surface area contributed by atoms with Crippen LogP contribution < -0.4 is 10.9 Å². The van der Waals surface area contributed by atoms with Gasteiger partial charge in [-0.05, 0) is 19.9 Å². The number of carbonyl (C=O) groups is 1. The molecule has 3 aromatic rings. The Morgan fingerprint density at radius 3 is 2.58 bits per heavy atom. The fraction of sp³-hybridized carbons (Fsp3) is 0.176. The van der Waals surface area contributed by atoms with Crippen molar-refractivity contribution in [3.8, 4) is 11.3 Å². The Balaban J connectivity index is 1.89. The van der Waals surface area contributed by atoms with Crippen molar-refractivity contribution in [1.82, 2.24) is 14.9 Å². The van der Waals surface area contributed by atoms with Crippen LogP contribution in [0, 0.1) is 6.92 Å². The van der Waals surface area contributed by atoms with Gasteiger partial charge < -0.3 is 9.84 Å². The summed E-state index contributed by atoms with van der Waals surface area (Å²) in [5, 5.41) is 10.5. The van der Waals surface area contributed by atoms with Crippen LogP contribution in [-0.4, -0.2) is 20.8 Å². The SMILES string of the molecule is Cc1ccc(-c2ccc(=O)n(C(C)C(=O)Nc3ccon3)n2)cc1. The van der Waals surface area contributed by atoms with E-state index >= 15 is 0 Å². The summed E-state index contributed by atoms with van der Waals surface area (Å²) in [4.78, 5) is 24.4. The van der Waals surface area contributed by atoms with Crippen LogP contribution in [0.5, 0.6) is 0 Å². The fourth-order valence-electron chi connectivity index (χ4n) is 2.20. The van der Waals surface area contributed by atoms with Gasteiger partial charge in [-0.1, -0.05) is 35.0 Å². The maximum absolute atomic E-state index is 12.3. The first-order valence-corrected chi connectivity index (χ1v) is 7.43. The topological polar surface area (TPSA) is 90.0 Å². The molecule has 1 aromatic carbocycles. The number of anilines is 1. The highest BCUT2D eigenvalue weighted by molar-refractivity contribution is 5.92. The molecule has 122 valence electrons. The van der Waals surface area contributed by atoms with E-state index in [0.29, 0.717) is 5.69 Å². The molecule has 0 aliphatic carbocycles. The molecule has 0 fully saturated rings. The van der Waals surface area contributed by atoms with E-state index in [2.05, 4.69) is 20.1 Å². The first-order chi connectivity index (χ1) is 11.5. The normalized spacial score (nSPS) is 11.9. The largest absolute Gasteiger partial charge is 0.363 e. The summed E-state index contributed by atoms with van der Waals surface area (Å²) < 4.78 is 5.82. The van der Waals surface area contributed by atoms with Crippen molar-refractivity contribution >= 4 is 11.7 Å². The first-order valence-electron chi connectivity index (χ1n) is 7.43. The zero-order valence-corrected chi connectivity index (χ0v) is 13.3. The van der Waals surface area contributed by atoms with Crippen molar-refractivity contribution in [2.24, 2.45) is 0 Å². The molecule has 1 N–H and O–H groups in total. The molecule has 0 aliphatic rings. The molecule has 3 rings (SSSR count). The van der Waals surface area contributed by atoms with Gasteiger partial charge in [0.05, 0.1) is 5.69 Å². The van der Waals surface area contributed by atoms with E-state index in [1.807, 2.05) is 31.2 Å². The smallest absolute Gasteiger partial charge is 0.267 e. The van der Waals surface area contributed by atoms with Gasteiger partial charge in [-0.3, -0.25) is 9.59 Å². The van der Waals surface area contributed by atoms with Gasteiger partial charge in [0.25, 0.3) is 5.56 Å². The zero-order valence-electron chi connectivity index (χ0n) is 13.3. The zero-order chi connectivity index (χ0) is 17.1. The Morgan fingerprint density at radius 2 is 1.92 bits per heavy atom. The van der Waals surface area contributed by atoms with E-state index in [4.69, 9.17) is 0 Å². The van der Waals surface area contributed by atoms with Crippen molar-refractivity contribution in [1.29, 1.82) is 0 Å². The van der Waals surface area contributed by atoms with Gasteiger partial charge in [0.2, 0.25) is 5.91 Å². The fourth-order valence-corrected chi connectivity index (χ4v) is 2.20. The number of rotatable bonds is 4. The molecule has 0 saturated carbocycles. The molecule has 7 nitrogen and oxygen atoms in total. The van der Waals surface area contributed by atoms with Crippen LogP contribution >= 0.6 is 0 Å². The van der Waals surface area contributed by atoms with Gasteiger partial charge in [0.1, 0.15) is 12.3 Å². The van der Waals surface area contributed by atoms with Crippen molar-refractivity contribution in [2.45, 2.75) is 19.9 Å². The van der Waals surface area contributed by atoms with Gasteiger partial charge in [0.15, 0.2) is 5.82 Å². The molecule has 2 aromatic heterocycles. The van der Waals surface area contributed by atoms with Crippen molar-refractivity contribution < 1.29 is 9.32 Å². The highest BCUT2D eigenvalue weighted by atomic mass is 16.5. The molecule has 1 atom stereocenters. The summed E-state index contributed by atoms with van der Waals surface area (Å²) in [7, 11) is 0. The summed E-state index contributed by atoms with van der Waals surface area (Å²) in [6.45, 7) is 3.59. The highest BCUT2D eigenvalue weighted by Gasteiger charge is 2.19. The van der Waals surface area contributed by atoms with Gasteiger partial charge in [-0.15, -0.1) is 0 Å². The van der Waals surface area contributed by atoms with Crippen LogP contribution in [0.2, 0.25) is 0 Å². The number of aryl methyl sites for hydroxylation is 1. The molecular weight excluding hydrogens is 308 g/mol. The van der Waals surface area contributed by atoms with Crippen molar-refractivity contribution in [3.63, 3.8) is 0 Å². The van der Waals surface area contributed by atoms with Crippen LogP contribution in [0.25, 0.3) is 11.3 Å². The molecule has 0 bridgehead atoms. The maximum atomic E-state index is 12.3. The lowest BCUT2D eigenvalue weighted by molar-refractivity contribution is -0.119. The Bertz CT molecular complexity index is 898. The number of benzene rings is 1. The molecule has 1 amide bonds. The third kappa shape index (κ3) is 3.24. The van der Waals surface area contributed by atoms with Crippen LogP contribution in [-0.2, 0) is 4.79 Å². The molecule has 2 heterocycles. The monoisotopic (exact) mass is 324 g/mol. The molecule has 24 heavy (non-hydrogen) atoms. The number of nitrogens with one attached hydrogen (secondary N) is 1. The van der Waals surface area contributed by atoms with E-state index in [0.717, 1.165) is 15.8 Å². The molecular formula is C17H16N4O3. The molecule has 0 saturated heterocycles. The van der Waals surface area contributed by atoms with E-state index < -0.39 is 11.9 Å². The summed E-state index contributed by atoms with van der Waals surface area (Å²) >= 11 is 0. The lowest BCUT2D eigenvalue weighted by atomic mass is 10.1. The molecule has 1 unspecified atom stereocenters. The Kier molecular flexibility index (Phi) is 4.24. The number of hydrogen-bond acceptors (Lipinski definition) is 5. The number of carbonyl (C=O) groups excluding carboxylic acids is 1. The Labute approximate surface area is 137 Å². The standard InChI is InChI=1S/C17H16N4O3/c1-11-3-5-13(6-4-11)14-7-8-16(22)21(19-14)12(2)17(23)18-15-9-10-24-20-15/h3-10,12H,1-2H3,(H,18,20,23). The second-order valence-corrected chi connectivity index (χ2v) is 5.42. The lowest BCUT2D eigenvalue weighted by Gasteiger charge is -2.14. The number of amides is 1. The molecule has 0 aliphatic heterocycles. The second kappa shape index (κ2) is 6.49. The minimum atomic E-state index is -0.792. The van der Waals surface area contributed by atoms with E-state index in [1.54, 1.807) is 13.0 Å². The molecule has 0 spiro atoms. The third-order valence-corrected chi connectivity index (χ3v) is 3.61. The lowest BCUT2D eigenvalue weighted by Crippen LogP contribution is -2.33. The van der Waals surface area contributed by atoms with Gasteiger partial charge >= 0.3 is 0 Å². The quantitative estimate of drug-likeness (QED) is 0.796. The average molecular weight is 324 g/mol. The summed E-state index contributed by atoms with van der Waals surface area (Å²) in [5.74, 6) is -0.117. The Hall–Kier alpha value is -3.22. The second-order valence-electron chi connectivity index (χ2n) is 5.42. The van der Waals surface area contributed by atoms with Crippen LogP contribution in [0.4, 0.5) is 5.82 Å². The van der Waals surface area contributed by atoms with Crippen molar-refractivity contribution in [3.05, 3.63) is 64.6 Å². The molecule has 0 radical (unpaired) electrons. The minimum Gasteiger partial charge on any atom is -0.363 e. The van der Waals surface area contributed by atoms with Crippen LogP contribution in [0.3, 0.4) is 0 Å². The average Bonchev–Trinajstić information content (AvgIpc) is 3.08. The third-order valence-electron chi connectivity index (χ3n) is 3.61. The summed E-state index contributed by atoms with van der Waals surface area (Å²) in [6, 6.07) is 11.6. The summed E-state index contributed by atoms with van der Waals surface area (Å²) in [6.07, 6.45) is 1.35. The van der Waals surface area contributed by atoms with E-state index in [9.17, 15) is 9.59 Å². The van der Waals surface area contributed by atoms with Gasteiger partial charge in [-0.2, -0.15) is 5.10 Å². The number of hydrogen-bond donors (Lipinski definition) is 1. The van der Waals surface area contributed by atoms with Crippen LogP contribution in [0.15, 0.2) is 58.0 Å². The Morgan fingerprint density at radius 1 is 1.17 bits per heavy atom.